The van der Waals surface area contributed by atoms with E-state index in [1.54, 1.807) is 30.7 Å². The van der Waals surface area contributed by atoms with E-state index < -0.39 is 0 Å². The maximum atomic E-state index is 11.5. The number of carbonyl (C=O) groups excluding carboxylic acids is 1. The normalized spacial score (nSPS) is 10.1. The molecule has 94 valence electrons. The van der Waals surface area contributed by atoms with Crippen LogP contribution in [0, 0.1) is 6.92 Å². The molecule has 2 rings (SSSR count). The summed E-state index contributed by atoms with van der Waals surface area (Å²) in [6, 6.07) is 5.50. The Bertz CT molecular complexity index is 511. The number of carbonyl (C=O) groups is 1. The second kappa shape index (κ2) is 5.81. The van der Waals surface area contributed by atoms with Crippen LogP contribution in [0.5, 0.6) is 6.01 Å². The average Bonchev–Trinajstić information content (AvgIpc) is 2.87. The fourth-order valence-corrected chi connectivity index (χ4v) is 1.28. The first-order chi connectivity index (χ1) is 8.74. The van der Waals surface area contributed by atoms with Gasteiger partial charge >= 0.3 is 6.01 Å². The Hall–Kier alpha value is -2.37. The van der Waals surface area contributed by atoms with Crippen LogP contribution in [0.2, 0.25) is 0 Å². The van der Waals surface area contributed by atoms with Gasteiger partial charge in [0.15, 0.2) is 6.61 Å². The summed E-state index contributed by atoms with van der Waals surface area (Å²) in [5.41, 5.74) is 0.788. The molecule has 6 heteroatoms. The van der Waals surface area contributed by atoms with Crippen LogP contribution in [0.1, 0.15) is 11.5 Å². The summed E-state index contributed by atoms with van der Waals surface area (Å²) in [6.45, 7) is 2.04. The molecule has 0 radical (unpaired) electrons. The molecule has 0 saturated heterocycles. The lowest BCUT2D eigenvalue weighted by molar-refractivity contribution is -0.123. The topological polar surface area (TPSA) is 77.2 Å². The van der Waals surface area contributed by atoms with Gasteiger partial charge in [-0.3, -0.25) is 4.79 Å². The first-order valence-electron chi connectivity index (χ1n) is 5.45. The van der Waals surface area contributed by atoms with Gasteiger partial charge in [-0.1, -0.05) is 0 Å². The van der Waals surface area contributed by atoms with Crippen LogP contribution in [-0.2, 0) is 11.3 Å². The molecular weight excluding hydrogens is 234 g/mol. The molecule has 0 aromatic carbocycles. The number of furan rings is 1. The van der Waals surface area contributed by atoms with Crippen molar-refractivity contribution in [3.63, 3.8) is 0 Å². The minimum absolute atomic E-state index is 0.121. The van der Waals surface area contributed by atoms with Crippen LogP contribution in [0.15, 0.2) is 35.1 Å². The zero-order valence-corrected chi connectivity index (χ0v) is 9.92. The molecule has 0 aliphatic heterocycles. The van der Waals surface area contributed by atoms with Crippen molar-refractivity contribution in [3.8, 4) is 6.01 Å². The van der Waals surface area contributed by atoms with Gasteiger partial charge in [-0.05, 0) is 25.1 Å². The third-order valence-electron chi connectivity index (χ3n) is 2.14. The minimum atomic E-state index is -0.253. The van der Waals surface area contributed by atoms with E-state index in [0.29, 0.717) is 12.3 Å². The fourth-order valence-electron chi connectivity index (χ4n) is 1.28. The van der Waals surface area contributed by atoms with E-state index in [9.17, 15) is 4.79 Å². The zero-order chi connectivity index (χ0) is 12.8. The van der Waals surface area contributed by atoms with Gasteiger partial charge in [0, 0.05) is 11.9 Å². The molecule has 2 aromatic heterocycles. The number of aromatic nitrogens is 2. The lowest BCUT2D eigenvalue weighted by Gasteiger charge is -2.05. The number of rotatable bonds is 5. The third kappa shape index (κ3) is 3.58. The minimum Gasteiger partial charge on any atom is -0.467 e. The van der Waals surface area contributed by atoms with E-state index in [4.69, 9.17) is 9.15 Å². The van der Waals surface area contributed by atoms with Gasteiger partial charge in [0.25, 0.3) is 5.91 Å². The van der Waals surface area contributed by atoms with E-state index in [-0.39, 0.29) is 18.5 Å². The van der Waals surface area contributed by atoms with Crippen molar-refractivity contribution in [1.82, 2.24) is 15.3 Å². The molecule has 0 spiro atoms. The molecule has 0 unspecified atom stereocenters. The SMILES string of the molecule is Cc1ccnc(OCC(=O)NCc2ccco2)n1. The third-order valence-corrected chi connectivity index (χ3v) is 2.14. The molecule has 1 N–H and O–H groups in total. The van der Waals surface area contributed by atoms with E-state index in [1.165, 1.54) is 0 Å². The second-order valence-electron chi connectivity index (χ2n) is 3.63. The quantitative estimate of drug-likeness (QED) is 0.855. The molecule has 18 heavy (non-hydrogen) atoms. The molecule has 0 bridgehead atoms. The Balaban J connectivity index is 1.75. The highest BCUT2D eigenvalue weighted by Crippen LogP contribution is 2.01. The van der Waals surface area contributed by atoms with E-state index in [1.807, 2.05) is 6.92 Å². The maximum Gasteiger partial charge on any atom is 0.317 e. The first-order valence-corrected chi connectivity index (χ1v) is 5.45. The second-order valence-corrected chi connectivity index (χ2v) is 3.63. The van der Waals surface area contributed by atoms with Crippen LogP contribution < -0.4 is 10.1 Å². The Morgan fingerprint density at radius 3 is 3.11 bits per heavy atom. The smallest absolute Gasteiger partial charge is 0.317 e. The lowest BCUT2D eigenvalue weighted by atomic mass is 10.4. The molecule has 6 nitrogen and oxygen atoms in total. The maximum absolute atomic E-state index is 11.5. The van der Waals surface area contributed by atoms with Gasteiger partial charge in [-0.25, -0.2) is 9.97 Å². The van der Waals surface area contributed by atoms with Gasteiger partial charge < -0.3 is 14.5 Å². The standard InChI is InChI=1S/C12H13N3O3/c1-9-4-5-13-12(15-9)18-8-11(16)14-7-10-3-2-6-17-10/h2-6H,7-8H2,1H3,(H,14,16). The Labute approximate surface area is 104 Å². The van der Waals surface area contributed by atoms with Crippen LogP contribution in [0.4, 0.5) is 0 Å². The number of amides is 1. The number of aryl methyl sites for hydroxylation is 1. The van der Waals surface area contributed by atoms with Crippen LogP contribution >= 0.6 is 0 Å². The summed E-state index contributed by atoms with van der Waals surface area (Å²) >= 11 is 0. The van der Waals surface area contributed by atoms with Crippen LogP contribution in [-0.4, -0.2) is 22.5 Å². The Morgan fingerprint density at radius 2 is 2.39 bits per heavy atom. The summed E-state index contributed by atoms with van der Waals surface area (Å²) in [6.07, 6.45) is 3.14. The van der Waals surface area contributed by atoms with E-state index in [2.05, 4.69) is 15.3 Å². The zero-order valence-electron chi connectivity index (χ0n) is 9.92. The molecule has 2 aromatic rings. The number of ether oxygens (including phenoxy) is 1. The van der Waals surface area contributed by atoms with Crippen molar-refractivity contribution >= 4 is 5.91 Å². The van der Waals surface area contributed by atoms with Crippen molar-refractivity contribution in [2.24, 2.45) is 0 Å². The van der Waals surface area contributed by atoms with Crippen molar-refractivity contribution in [1.29, 1.82) is 0 Å². The van der Waals surface area contributed by atoms with Crippen molar-refractivity contribution in [2.75, 3.05) is 6.61 Å². The van der Waals surface area contributed by atoms with Gasteiger partial charge in [-0.15, -0.1) is 0 Å². The lowest BCUT2D eigenvalue weighted by Crippen LogP contribution is -2.28. The monoisotopic (exact) mass is 247 g/mol. The van der Waals surface area contributed by atoms with Crippen molar-refractivity contribution in [3.05, 3.63) is 42.1 Å². The summed E-state index contributed by atoms with van der Waals surface area (Å²) in [7, 11) is 0. The summed E-state index contributed by atoms with van der Waals surface area (Å²) in [4.78, 5) is 19.4. The summed E-state index contributed by atoms with van der Waals surface area (Å²) in [5.74, 6) is 0.437. The molecule has 0 aliphatic rings. The van der Waals surface area contributed by atoms with E-state index in [0.717, 1.165) is 5.69 Å². The molecule has 2 heterocycles. The van der Waals surface area contributed by atoms with Crippen molar-refractivity contribution in [2.45, 2.75) is 13.5 Å². The van der Waals surface area contributed by atoms with Gasteiger partial charge in [0.05, 0.1) is 12.8 Å². The molecule has 0 atom stereocenters. The predicted molar refractivity (Wildman–Crippen MR) is 62.8 cm³/mol. The van der Waals surface area contributed by atoms with E-state index >= 15 is 0 Å². The summed E-state index contributed by atoms with van der Waals surface area (Å²) in [5, 5.41) is 2.66. The van der Waals surface area contributed by atoms with Crippen LogP contribution in [0.25, 0.3) is 0 Å². The van der Waals surface area contributed by atoms with Gasteiger partial charge in [-0.2, -0.15) is 0 Å². The Morgan fingerprint density at radius 1 is 1.50 bits per heavy atom. The largest absolute Gasteiger partial charge is 0.467 e. The highest BCUT2D eigenvalue weighted by molar-refractivity contribution is 5.77. The predicted octanol–water partition coefficient (Wildman–Crippen LogP) is 1.07. The molecule has 0 saturated carbocycles. The molecular formula is C12H13N3O3. The highest BCUT2D eigenvalue weighted by Gasteiger charge is 2.05. The number of nitrogens with zero attached hydrogens (tertiary/aromatic N) is 2. The molecule has 0 aliphatic carbocycles. The first kappa shape index (κ1) is 12.1. The average molecular weight is 247 g/mol. The number of nitrogens with one attached hydrogen (secondary N) is 1. The highest BCUT2D eigenvalue weighted by atomic mass is 16.5. The molecule has 1 amide bonds. The Kier molecular flexibility index (Phi) is 3.90. The summed E-state index contributed by atoms with van der Waals surface area (Å²) < 4.78 is 10.2. The van der Waals surface area contributed by atoms with Crippen molar-refractivity contribution < 1.29 is 13.9 Å². The van der Waals surface area contributed by atoms with Gasteiger partial charge in [0.1, 0.15) is 5.76 Å². The number of hydrogen-bond acceptors (Lipinski definition) is 5. The fraction of sp³-hybridized carbons (Fsp3) is 0.250. The number of hydrogen-bond donors (Lipinski definition) is 1. The van der Waals surface area contributed by atoms with Gasteiger partial charge in [0.2, 0.25) is 0 Å². The molecule has 0 fully saturated rings. The van der Waals surface area contributed by atoms with Crippen LogP contribution in [0.3, 0.4) is 0 Å².